The van der Waals surface area contributed by atoms with Crippen LogP contribution >= 0.6 is 0 Å². The van der Waals surface area contributed by atoms with Crippen molar-refractivity contribution in [2.75, 3.05) is 0 Å². The monoisotopic (exact) mass is 576 g/mol. The second kappa shape index (κ2) is 36.3. The van der Waals surface area contributed by atoms with E-state index >= 15 is 0 Å². The first kappa shape index (κ1) is 37.3. The standard InChI is InChI=1S/2C12H24O2.C4H9.Sn.H/c2*1-2-3-4-5-6-7-8-9-10-11-12(13)14;1-3-4-2;;/h2*2-11H2,1H3,(H,13,14);1,3-4H2,2H3;;/q;;;+2;/p-2. The van der Waals surface area contributed by atoms with E-state index in [4.69, 9.17) is 0 Å². The molecule has 0 atom stereocenters. The van der Waals surface area contributed by atoms with Gasteiger partial charge in [-0.25, -0.2) is 0 Å². The van der Waals surface area contributed by atoms with Gasteiger partial charge in [-0.15, -0.1) is 0 Å². The first-order valence-corrected chi connectivity index (χ1v) is 16.4. The van der Waals surface area contributed by atoms with E-state index in [0.717, 1.165) is 25.7 Å². The van der Waals surface area contributed by atoms with Crippen molar-refractivity contribution in [1.82, 2.24) is 0 Å². The van der Waals surface area contributed by atoms with Crippen LogP contribution in [0.25, 0.3) is 0 Å². The Morgan fingerprint density at radius 1 is 0.455 bits per heavy atom. The molecule has 0 aliphatic carbocycles. The zero-order valence-electron chi connectivity index (χ0n) is 22.5. The number of hydrogen-bond donors (Lipinski definition) is 0. The molecule has 0 N–H and O–H groups in total. The van der Waals surface area contributed by atoms with Gasteiger partial charge >= 0.3 is 46.7 Å². The summed E-state index contributed by atoms with van der Waals surface area (Å²) in [5.74, 6) is -1.82. The Kier molecular flexibility index (Phi) is 41.0. The molecule has 33 heavy (non-hydrogen) atoms. The topological polar surface area (TPSA) is 80.3 Å². The van der Waals surface area contributed by atoms with Crippen molar-refractivity contribution >= 4 is 34.5 Å². The molecule has 0 amide bonds. The van der Waals surface area contributed by atoms with Gasteiger partial charge in [0.25, 0.3) is 0 Å². The predicted octanol–water partition coefficient (Wildman–Crippen LogP) is 6.42. The van der Waals surface area contributed by atoms with Gasteiger partial charge in [-0.1, -0.05) is 117 Å². The molecule has 5 heteroatoms. The fraction of sp³-hybridized carbons (Fsp3) is 0.929. The van der Waals surface area contributed by atoms with Gasteiger partial charge < -0.3 is 19.8 Å². The van der Waals surface area contributed by atoms with E-state index in [0.29, 0.717) is 0 Å². The van der Waals surface area contributed by atoms with Gasteiger partial charge in [0.2, 0.25) is 0 Å². The van der Waals surface area contributed by atoms with Gasteiger partial charge in [0.05, 0.1) is 0 Å². The number of hydrogen-bond acceptors (Lipinski definition) is 4. The molecule has 0 radical (unpaired) electrons. The summed E-state index contributed by atoms with van der Waals surface area (Å²) in [6, 6.07) is 0. The van der Waals surface area contributed by atoms with Crippen LogP contribution in [0.2, 0.25) is 4.44 Å². The molecule has 0 saturated heterocycles. The molecule has 0 aliphatic heterocycles. The van der Waals surface area contributed by atoms with Crippen LogP contribution in [0.3, 0.4) is 0 Å². The van der Waals surface area contributed by atoms with Gasteiger partial charge in [0, 0.05) is 11.9 Å². The van der Waals surface area contributed by atoms with Gasteiger partial charge in [-0.05, 0) is 25.7 Å². The summed E-state index contributed by atoms with van der Waals surface area (Å²) in [5.41, 5.74) is 0. The molecule has 0 unspecified atom stereocenters. The molecule has 0 aromatic carbocycles. The van der Waals surface area contributed by atoms with Crippen molar-refractivity contribution in [3.05, 3.63) is 0 Å². The molecule has 0 aromatic rings. The van der Waals surface area contributed by atoms with Crippen LogP contribution in [-0.2, 0) is 9.59 Å². The Hall–Kier alpha value is -0.261. The summed E-state index contributed by atoms with van der Waals surface area (Å²) in [5, 5.41) is 20.2. The molecule has 0 saturated carbocycles. The average Bonchev–Trinajstić information content (AvgIpc) is 2.78. The molecule has 0 heterocycles. The Balaban J connectivity index is -0.000000453. The zero-order valence-corrected chi connectivity index (χ0v) is 25.8. The van der Waals surface area contributed by atoms with E-state index in [2.05, 4.69) is 20.8 Å². The Morgan fingerprint density at radius 3 is 0.879 bits per heavy atom. The second-order valence-corrected chi connectivity index (χ2v) is 10.7. The Bertz CT molecular complexity index is 341. The second-order valence-electron chi connectivity index (χ2n) is 9.04. The van der Waals surface area contributed by atoms with Crippen molar-refractivity contribution in [2.45, 2.75) is 166 Å². The fourth-order valence-electron chi connectivity index (χ4n) is 3.36. The van der Waals surface area contributed by atoms with Crippen LogP contribution in [0, 0.1) is 0 Å². The SMILES string of the molecule is CCCCCCCCCCCC(=O)[O-].CCCCCCCCCCCC(=O)[O-].CCC[CH2][SnH+2]. The number of unbranched alkanes of at least 4 members (excludes halogenated alkanes) is 17. The molecular weight excluding hydrogens is 519 g/mol. The quantitative estimate of drug-likeness (QED) is 0.110. The number of carboxylic acids is 2. The van der Waals surface area contributed by atoms with Gasteiger partial charge in [-0.2, -0.15) is 0 Å². The van der Waals surface area contributed by atoms with Crippen molar-refractivity contribution in [2.24, 2.45) is 0 Å². The summed E-state index contributed by atoms with van der Waals surface area (Å²) in [6.45, 7) is 6.68. The molecule has 4 nitrogen and oxygen atoms in total. The first-order chi connectivity index (χ1) is 16.0. The van der Waals surface area contributed by atoms with Crippen LogP contribution in [0.4, 0.5) is 0 Å². The molecule has 0 rings (SSSR count). The molecule has 0 fully saturated rings. The van der Waals surface area contributed by atoms with Crippen LogP contribution in [0.15, 0.2) is 0 Å². The summed E-state index contributed by atoms with van der Waals surface area (Å²) in [7, 11) is 0. The summed E-state index contributed by atoms with van der Waals surface area (Å²) in [6.07, 6.45) is 25.1. The van der Waals surface area contributed by atoms with E-state index in [1.165, 1.54) is 130 Å². The minimum atomic E-state index is -0.909. The molecule has 196 valence electrons. The van der Waals surface area contributed by atoms with Crippen molar-refractivity contribution < 1.29 is 19.8 Å². The first-order valence-electron chi connectivity index (χ1n) is 14.1. The molecule has 0 spiro atoms. The van der Waals surface area contributed by atoms with E-state index in [-0.39, 0.29) is 12.8 Å². The maximum absolute atomic E-state index is 10.1. The Labute approximate surface area is 220 Å². The van der Waals surface area contributed by atoms with E-state index in [9.17, 15) is 19.8 Å². The van der Waals surface area contributed by atoms with Crippen LogP contribution in [0.1, 0.15) is 162 Å². The van der Waals surface area contributed by atoms with Crippen LogP contribution in [0.5, 0.6) is 0 Å². The van der Waals surface area contributed by atoms with Gasteiger partial charge in [-0.3, -0.25) is 0 Å². The third kappa shape index (κ3) is 49.8. The van der Waals surface area contributed by atoms with E-state index in [1.54, 1.807) is 0 Å². The average molecular weight is 575 g/mol. The molecular formula is C28H56O4Sn. The molecule has 0 bridgehead atoms. The zero-order chi connectivity index (χ0) is 25.4. The minimum absolute atomic E-state index is 0.232. The van der Waals surface area contributed by atoms with Crippen LogP contribution in [-0.4, -0.2) is 34.5 Å². The predicted molar refractivity (Wildman–Crippen MR) is 141 cm³/mol. The molecule has 0 aliphatic rings. The maximum atomic E-state index is 10.1. The summed E-state index contributed by atoms with van der Waals surface area (Å²) >= 11 is 1.45. The number of aliphatic carboxylic acids is 2. The van der Waals surface area contributed by atoms with Gasteiger partial charge in [0.1, 0.15) is 0 Å². The summed E-state index contributed by atoms with van der Waals surface area (Å²) in [4.78, 5) is 20.2. The number of carboxylic acid groups (broad SMARTS) is 2. The van der Waals surface area contributed by atoms with Crippen molar-refractivity contribution in [3.63, 3.8) is 0 Å². The van der Waals surface area contributed by atoms with Crippen molar-refractivity contribution in [3.8, 4) is 0 Å². The normalized spacial score (nSPS) is 10.0. The molecule has 0 aromatic heterocycles. The van der Waals surface area contributed by atoms with Gasteiger partial charge in [0.15, 0.2) is 0 Å². The Morgan fingerprint density at radius 2 is 0.697 bits per heavy atom. The third-order valence-electron chi connectivity index (χ3n) is 5.53. The number of carbonyl (C=O) groups is 2. The fourth-order valence-corrected chi connectivity index (χ4v) is 4.53. The van der Waals surface area contributed by atoms with E-state index in [1.807, 2.05) is 0 Å². The van der Waals surface area contributed by atoms with Crippen LogP contribution < -0.4 is 10.2 Å². The third-order valence-corrected chi connectivity index (χ3v) is 6.69. The summed E-state index contributed by atoms with van der Waals surface area (Å²) < 4.78 is 1.47. The number of carbonyl (C=O) groups excluding carboxylic acids is 2. The van der Waals surface area contributed by atoms with Crippen molar-refractivity contribution in [1.29, 1.82) is 0 Å². The van der Waals surface area contributed by atoms with E-state index < -0.39 is 11.9 Å². The number of rotatable bonds is 22.